The Labute approximate surface area is 160 Å². The van der Waals surface area contributed by atoms with Crippen molar-refractivity contribution < 1.29 is 4.74 Å². The predicted molar refractivity (Wildman–Crippen MR) is 113 cm³/mol. The maximum absolute atomic E-state index is 5.30. The Morgan fingerprint density at radius 2 is 2.15 bits per heavy atom. The van der Waals surface area contributed by atoms with Gasteiger partial charge in [-0.05, 0) is 67.4 Å². The van der Waals surface area contributed by atoms with Crippen LogP contribution in [0.15, 0.2) is 47.6 Å². The second kappa shape index (κ2) is 8.67. The summed E-state index contributed by atoms with van der Waals surface area (Å²) in [5.41, 5.74) is 7.45. The monoisotopic (exact) mass is 368 g/mol. The minimum atomic E-state index is 0.417. The van der Waals surface area contributed by atoms with Crippen molar-refractivity contribution in [3.63, 3.8) is 0 Å². The second-order valence-corrected chi connectivity index (χ2v) is 6.50. The van der Waals surface area contributed by atoms with Gasteiger partial charge in [-0.1, -0.05) is 18.2 Å². The molecule has 0 unspecified atom stereocenters. The summed E-state index contributed by atoms with van der Waals surface area (Å²) < 4.78 is 5.30. The SMILES string of the molecule is CCN1CCCc2cc(/C=N\NC(=S)Nc3ccccc3OC)ccc21. The summed E-state index contributed by atoms with van der Waals surface area (Å²) in [6.07, 6.45) is 4.11. The number of hydrogen-bond donors (Lipinski definition) is 2. The van der Waals surface area contributed by atoms with E-state index < -0.39 is 0 Å². The lowest BCUT2D eigenvalue weighted by Crippen LogP contribution is -2.28. The summed E-state index contributed by atoms with van der Waals surface area (Å²) in [6.45, 7) is 4.39. The molecule has 2 N–H and O–H groups in total. The number of hydrazone groups is 1. The maximum Gasteiger partial charge on any atom is 0.191 e. The van der Waals surface area contributed by atoms with E-state index in [1.165, 1.54) is 17.7 Å². The lowest BCUT2D eigenvalue weighted by atomic mass is 9.99. The number of fused-ring (bicyclic) bond motifs is 1. The van der Waals surface area contributed by atoms with Crippen LogP contribution in [0.25, 0.3) is 0 Å². The number of thiocarbonyl (C=S) groups is 1. The molecule has 1 heterocycles. The van der Waals surface area contributed by atoms with Gasteiger partial charge in [-0.3, -0.25) is 5.43 Å². The Kier molecular flexibility index (Phi) is 6.07. The average Bonchev–Trinajstić information content (AvgIpc) is 2.67. The van der Waals surface area contributed by atoms with E-state index >= 15 is 0 Å². The van der Waals surface area contributed by atoms with Crippen molar-refractivity contribution in [2.24, 2.45) is 5.10 Å². The minimum Gasteiger partial charge on any atom is -0.495 e. The number of hydrogen-bond acceptors (Lipinski definition) is 4. The Bertz CT molecular complexity index is 806. The number of aryl methyl sites for hydroxylation is 1. The molecule has 0 spiro atoms. The van der Waals surface area contributed by atoms with Gasteiger partial charge in [0.05, 0.1) is 19.0 Å². The number of benzene rings is 2. The summed E-state index contributed by atoms with van der Waals surface area (Å²) in [5, 5.41) is 7.75. The molecule has 0 radical (unpaired) electrons. The topological polar surface area (TPSA) is 48.9 Å². The molecule has 136 valence electrons. The normalized spacial score (nSPS) is 13.4. The summed E-state index contributed by atoms with van der Waals surface area (Å²) in [6, 6.07) is 14.1. The molecule has 6 heteroatoms. The van der Waals surface area contributed by atoms with Crippen LogP contribution in [0.2, 0.25) is 0 Å². The zero-order valence-electron chi connectivity index (χ0n) is 15.2. The molecule has 0 fully saturated rings. The van der Waals surface area contributed by atoms with Crippen LogP contribution >= 0.6 is 12.2 Å². The van der Waals surface area contributed by atoms with Gasteiger partial charge in [0.2, 0.25) is 0 Å². The van der Waals surface area contributed by atoms with Crippen LogP contribution in [0.5, 0.6) is 5.75 Å². The van der Waals surface area contributed by atoms with Gasteiger partial charge in [-0.25, -0.2) is 0 Å². The third-order valence-electron chi connectivity index (χ3n) is 4.43. The van der Waals surface area contributed by atoms with E-state index in [4.69, 9.17) is 17.0 Å². The quantitative estimate of drug-likeness (QED) is 0.478. The minimum absolute atomic E-state index is 0.417. The van der Waals surface area contributed by atoms with Crippen LogP contribution in [0, 0.1) is 0 Å². The highest BCUT2D eigenvalue weighted by molar-refractivity contribution is 7.80. The molecular formula is C20H24N4OS. The van der Waals surface area contributed by atoms with Crippen molar-refractivity contribution >= 4 is 34.9 Å². The number of rotatable bonds is 5. The lowest BCUT2D eigenvalue weighted by Gasteiger charge is -2.30. The van der Waals surface area contributed by atoms with Crippen LogP contribution < -0.4 is 20.4 Å². The molecule has 0 aliphatic carbocycles. The molecule has 0 saturated carbocycles. The first-order valence-electron chi connectivity index (χ1n) is 8.82. The summed E-state index contributed by atoms with van der Waals surface area (Å²) in [4.78, 5) is 2.42. The number of nitrogens with one attached hydrogen (secondary N) is 2. The van der Waals surface area contributed by atoms with E-state index in [2.05, 4.69) is 45.9 Å². The third kappa shape index (κ3) is 4.32. The molecular weight excluding hydrogens is 344 g/mol. The number of nitrogens with zero attached hydrogens (tertiary/aromatic N) is 2. The van der Waals surface area contributed by atoms with E-state index in [0.29, 0.717) is 5.11 Å². The molecule has 0 amide bonds. The number of anilines is 2. The molecule has 0 atom stereocenters. The molecule has 5 nitrogen and oxygen atoms in total. The molecule has 1 aliphatic rings. The van der Waals surface area contributed by atoms with Crippen LogP contribution in [0.4, 0.5) is 11.4 Å². The van der Waals surface area contributed by atoms with Gasteiger partial charge in [0.15, 0.2) is 5.11 Å². The Balaban J connectivity index is 1.61. The second-order valence-electron chi connectivity index (χ2n) is 6.10. The predicted octanol–water partition coefficient (Wildman–Crippen LogP) is 3.79. The zero-order chi connectivity index (χ0) is 18.4. The number of methoxy groups -OCH3 is 1. The first-order valence-corrected chi connectivity index (χ1v) is 9.23. The fourth-order valence-corrected chi connectivity index (χ4v) is 3.33. The zero-order valence-corrected chi connectivity index (χ0v) is 16.0. The Hall–Kier alpha value is -2.60. The highest BCUT2D eigenvalue weighted by atomic mass is 32.1. The molecule has 1 aliphatic heterocycles. The molecule has 2 aromatic rings. The van der Waals surface area contributed by atoms with E-state index in [1.807, 2.05) is 24.3 Å². The van der Waals surface area contributed by atoms with E-state index in [9.17, 15) is 0 Å². The third-order valence-corrected chi connectivity index (χ3v) is 4.63. The van der Waals surface area contributed by atoms with Gasteiger partial charge in [0, 0.05) is 18.8 Å². The fourth-order valence-electron chi connectivity index (χ4n) is 3.17. The van der Waals surface area contributed by atoms with Crippen molar-refractivity contribution in [2.45, 2.75) is 19.8 Å². The van der Waals surface area contributed by atoms with Gasteiger partial charge in [-0.2, -0.15) is 5.10 Å². The van der Waals surface area contributed by atoms with Crippen LogP contribution in [0.1, 0.15) is 24.5 Å². The fraction of sp³-hybridized carbons (Fsp3) is 0.300. The number of para-hydroxylation sites is 2. The first kappa shape index (κ1) is 18.2. The van der Waals surface area contributed by atoms with Gasteiger partial charge in [0.25, 0.3) is 0 Å². The molecule has 26 heavy (non-hydrogen) atoms. The Morgan fingerprint density at radius 1 is 1.31 bits per heavy atom. The summed E-state index contributed by atoms with van der Waals surface area (Å²) >= 11 is 5.29. The smallest absolute Gasteiger partial charge is 0.191 e. The summed E-state index contributed by atoms with van der Waals surface area (Å²) in [5.74, 6) is 0.732. The standard InChI is InChI=1S/C20H24N4OS/c1-3-24-12-6-7-16-13-15(10-11-18(16)24)14-21-23-20(26)22-17-8-4-5-9-19(17)25-2/h4-5,8-11,13-14H,3,6-7,12H2,1-2H3,(H2,22,23,26)/b21-14-. The van der Waals surface area contributed by atoms with Gasteiger partial charge < -0.3 is 15.0 Å². The van der Waals surface area contributed by atoms with Crippen molar-refractivity contribution in [1.82, 2.24) is 5.43 Å². The van der Waals surface area contributed by atoms with E-state index in [-0.39, 0.29) is 0 Å². The highest BCUT2D eigenvalue weighted by Gasteiger charge is 2.15. The van der Waals surface area contributed by atoms with E-state index in [1.54, 1.807) is 13.3 Å². The van der Waals surface area contributed by atoms with Crippen LogP contribution in [-0.2, 0) is 6.42 Å². The molecule has 0 aromatic heterocycles. The van der Waals surface area contributed by atoms with Crippen molar-refractivity contribution in [2.75, 3.05) is 30.4 Å². The first-order chi connectivity index (χ1) is 12.7. The van der Waals surface area contributed by atoms with Crippen molar-refractivity contribution in [1.29, 1.82) is 0 Å². The van der Waals surface area contributed by atoms with Crippen molar-refractivity contribution in [3.05, 3.63) is 53.6 Å². The molecule has 2 aromatic carbocycles. The largest absolute Gasteiger partial charge is 0.495 e. The van der Waals surface area contributed by atoms with Crippen LogP contribution in [-0.4, -0.2) is 31.5 Å². The maximum atomic E-state index is 5.30. The van der Waals surface area contributed by atoms with Gasteiger partial charge in [-0.15, -0.1) is 0 Å². The van der Waals surface area contributed by atoms with Gasteiger partial charge >= 0.3 is 0 Å². The van der Waals surface area contributed by atoms with Crippen LogP contribution in [0.3, 0.4) is 0 Å². The van der Waals surface area contributed by atoms with E-state index in [0.717, 1.165) is 36.5 Å². The molecule has 3 rings (SSSR count). The molecule has 0 bridgehead atoms. The Morgan fingerprint density at radius 3 is 2.96 bits per heavy atom. The average molecular weight is 369 g/mol. The number of ether oxygens (including phenoxy) is 1. The van der Waals surface area contributed by atoms with Gasteiger partial charge in [0.1, 0.15) is 5.75 Å². The lowest BCUT2D eigenvalue weighted by molar-refractivity contribution is 0.417. The van der Waals surface area contributed by atoms with Crippen molar-refractivity contribution in [3.8, 4) is 5.75 Å². The molecule has 0 saturated heterocycles. The summed E-state index contributed by atoms with van der Waals surface area (Å²) in [7, 11) is 1.63. The highest BCUT2D eigenvalue weighted by Crippen LogP contribution is 2.27.